The number of aromatic nitrogens is 2. The van der Waals surface area contributed by atoms with Gasteiger partial charge in [-0.2, -0.15) is 5.10 Å². The first kappa shape index (κ1) is 17.0. The first-order valence-corrected chi connectivity index (χ1v) is 8.34. The Balaban J connectivity index is 1.76. The summed E-state index contributed by atoms with van der Waals surface area (Å²) in [6.07, 6.45) is 0.700. The van der Waals surface area contributed by atoms with E-state index >= 15 is 0 Å². The molecule has 0 saturated carbocycles. The SMILES string of the molecule is Cc1cc(C)cc(-n2nc(C(=O)N[C@H]3CCN(C(N)=O)C3)cc2C)c1. The summed E-state index contributed by atoms with van der Waals surface area (Å²) in [5.74, 6) is -0.234. The highest BCUT2D eigenvalue weighted by Crippen LogP contribution is 2.17. The molecule has 0 spiro atoms. The van der Waals surface area contributed by atoms with E-state index in [1.54, 1.807) is 10.7 Å². The molecule has 132 valence electrons. The topological polar surface area (TPSA) is 93.2 Å². The minimum Gasteiger partial charge on any atom is -0.351 e. The van der Waals surface area contributed by atoms with Crippen LogP contribution in [0.2, 0.25) is 0 Å². The van der Waals surface area contributed by atoms with Gasteiger partial charge in [0.25, 0.3) is 5.91 Å². The number of nitrogens with zero attached hydrogens (tertiary/aromatic N) is 3. The molecule has 3 amide bonds. The molecule has 1 atom stereocenters. The van der Waals surface area contributed by atoms with E-state index in [2.05, 4.69) is 16.5 Å². The van der Waals surface area contributed by atoms with E-state index in [-0.39, 0.29) is 11.9 Å². The fourth-order valence-corrected chi connectivity index (χ4v) is 3.26. The number of hydrogen-bond donors (Lipinski definition) is 2. The van der Waals surface area contributed by atoms with Gasteiger partial charge in [0.1, 0.15) is 0 Å². The third-order valence-electron chi connectivity index (χ3n) is 4.41. The van der Waals surface area contributed by atoms with E-state index in [1.165, 1.54) is 4.90 Å². The maximum absolute atomic E-state index is 12.5. The number of urea groups is 1. The second-order valence-electron chi connectivity index (χ2n) is 6.67. The number of nitrogens with two attached hydrogens (primary N) is 1. The van der Waals surface area contributed by atoms with Crippen LogP contribution in [-0.2, 0) is 0 Å². The van der Waals surface area contributed by atoms with E-state index in [4.69, 9.17) is 5.73 Å². The monoisotopic (exact) mass is 341 g/mol. The van der Waals surface area contributed by atoms with Gasteiger partial charge < -0.3 is 16.0 Å². The standard InChI is InChI=1S/C18H23N5O2/c1-11-6-12(2)8-15(7-11)23-13(3)9-16(21-23)17(24)20-14-4-5-22(10-14)18(19)25/h6-9,14H,4-5,10H2,1-3H3,(H2,19,25)(H,20,24)/t14-/m0/s1. The van der Waals surface area contributed by atoms with Gasteiger partial charge in [0.2, 0.25) is 0 Å². The molecule has 0 radical (unpaired) electrons. The Hall–Kier alpha value is -2.83. The van der Waals surface area contributed by atoms with Gasteiger partial charge in [-0.05, 0) is 56.5 Å². The normalized spacial score (nSPS) is 16.9. The molecule has 0 bridgehead atoms. The Bertz CT molecular complexity index is 807. The van der Waals surface area contributed by atoms with Crippen LogP contribution in [0.1, 0.15) is 33.7 Å². The Morgan fingerprint density at radius 1 is 1.16 bits per heavy atom. The van der Waals surface area contributed by atoms with Crippen molar-refractivity contribution in [2.24, 2.45) is 5.73 Å². The number of rotatable bonds is 3. The molecule has 2 aromatic rings. The number of carbonyl (C=O) groups is 2. The molecule has 1 aliphatic heterocycles. The predicted molar refractivity (Wildman–Crippen MR) is 94.8 cm³/mol. The molecular formula is C18H23N5O2. The Labute approximate surface area is 146 Å². The molecule has 1 saturated heterocycles. The highest BCUT2D eigenvalue weighted by Gasteiger charge is 2.27. The zero-order valence-electron chi connectivity index (χ0n) is 14.7. The van der Waals surface area contributed by atoms with Crippen molar-refractivity contribution in [3.8, 4) is 5.69 Å². The van der Waals surface area contributed by atoms with Gasteiger partial charge in [0, 0.05) is 24.8 Å². The van der Waals surface area contributed by atoms with Gasteiger partial charge in [-0.15, -0.1) is 0 Å². The minimum absolute atomic E-state index is 0.0910. The Kier molecular flexibility index (Phi) is 4.48. The molecule has 3 rings (SSSR count). The van der Waals surface area contributed by atoms with Gasteiger partial charge in [-0.3, -0.25) is 4.79 Å². The van der Waals surface area contributed by atoms with Crippen molar-refractivity contribution in [3.63, 3.8) is 0 Å². The van der Waals surface area contributed by atoms with Crippen LogP contribution in [0.5, 0.6) is 0 Å². The molecule has 1 aromatic heterocycles. The van der Waals surface area contributed by atoms with Crippen LogP contribution in [0, 0.1) is 20.8 Å². The van der Waals surface area contributed by atoms with Crippen LogP contribution in [0.15, 0.2) is 24.3 Å². The molecule has 1 aliphatic rings. The Morgan fingerprint density at radius 3 is 2.44 bits per heavy atom. The lowest BCUT2D eigenvalue weighted by Gasteiger charge is -2.14. The zero-order valence-corrected chi connectivity index (χ0v) is 14.7. The van der Waals surface area contributed by atoms with E-state index in [1.807, 2.05) is 32.9 Å². The summed E-state index contributed by atoms with van der Waals surface area (Å²) in [5, 5.41) is 7.39. The van der Waals surface area contributed by atoms with Gasteiger partial charge in [0.05, 0.1) is 5.69 Å². The molecule has 7 heteroatoms. The van der Waals surface area contributed by atoms with Crippen molar-refractivity contribution in [3.05, 3.63) is 46.8 Å². The van der Waals surface area contributed by atoms with Gasteiger partial charge >= 0.3 is 6.03 Å². The van der Waals surface area contributed by atoms with Crippen LogP contribution in [-0.4, -0.2) is 45.8 Å². The quantitative estimate of drug-likeness (QED) is 0.889. The highest BCUT2D eigenvalue weighted by atomic mass is 16.2. The van der Waals surface area contributed by atoms with Crippen molar-refractivity contribution in [2.45, 2.75) is 33.2 Å². The van der Waals surface area contributed by atoms with Gasteiger partial charge in [0.15, 0.2) is 5.69 Å². The molecular weight excluding hydrogens is 318 g/mol. The van der Waals surface area contributed by atoms with Crippen LogP contribution >= 0.6 is 0 Å². The van der Waals surface area contributed by atoms with Crippen molar-refractivity contribution in [1.82, 2.24) is 20.0 Å². The second kappa shape index (κ2) is 6.58. The van der Waals surface area contributed by atoms with Crippen LogP contribution in [0.4, 0.5) is 4.79 Å². The molecule has 0 unspecified atom stereocenters. The smallest absolute Gasteiger partial charge is 0.314 e. The van der Waals surface area contributed by atoms with E-state index < -0.39 is 6.03 Å². The predicted octanol–water partition coefficient (Wildman–Crippen LogP) is 1.68. The third-order valence-corrected chi connectivity index (χ3v) is 4.41. The molecule has 1 aromatic carbocycles. The van der Waals surface area contributed by atoms with Gasteiger partial charge in [-0.25, -0.2) is 9.48 Å². The lowest BCUT2D eigenvalue weighted by atomic mass is 10.1. The number of primary amides is 1. The summed E-state index contributed by atoms with van der Waals surface area (Å²) in [6.45, 7) is 7.00. The number of nitrogens with one attached hydrogen (secondary N) is 1. The van der Waals surface area contributed by atoms with Crippen molar-refractivity contribution >= 4 is 11.9 Å². The average Bonchev–Trinajstić information content (AvgIpc) is 3.13. The molecule has 2 heterocycles. The van der Waals surface area contributed by atoms with Crippen LogP contribution in [0.3, 0.4) is 0 Å². The van der Waals surface area contributed by atoms with E-state index in [0.717, 1.165) is 22.5 Å². The number of hydrogen-bond acceptors (Lipinski definition) is 3. The third kappa shape index (κ3) is 3.65. The summed E-state index contributed by atoms with van der Waals surface area (Å²) in [4.78, 5) is 25.2. The van der Waals surface area contributed by atoms with Crippen molar-refractivity contribution in [1.29, 1.82) is 0 Å². The maximum atomic E-state index is 12.5. The number of likely N-dealkylation sites (tertiary alicyclic amines) is 1. The zero-order chi connectivity index (χ0) is 18.1. The fourth-order valence-electron chi connectivity index (χ4n) is 3.26. The van der Waals surface area contributed by atoms with Crippen molar-refractivity contribution in [2.75, 3.05) is 13.1 Å². The van der Waals surface area contributed by atoms with Crippen LogP contribution < -0.4 is 11.1 Å². The molecule has 25 heavy (non-hydrogen) atoms. The lowest BCUT2D eigenvalue weighted by molar-refractivity contribution is 0.0932. The number of amides is 3. The summed E-state index contributed by atoms with van der Waals surface area (Å²) in [6, 6.07) is 7.40. The average molecular weight is 341 g/mol. The van der Waals surface area contributed by atoms with E-state index in [9.17, 15) is 9.59 Å². The van der Waals surface area contributed by atoms with Crippen LogP contribution in [0.25, 0.3) is 5.69 Å². The number of aryl methyl sites for hydroxylation is 3. The Morgan fingerprint density at radius 2 is 1.84 bits per heavy atom. The molecule has 0 aliphatic carbocycles. The summed E-state index contributed by atoms with van der Waals surface area (Å²) >= 11 is 0. The number of carbonyl (C=O) groups excluding carboxylic acids is 2. The fraction of sp³-hybridized carbons (Fsp3) is 0.389. The second-order valence-corrected chi connectivity index (χ2v) is 6.67. The largest absolute Gasteiger partial charge is 0.351 e. The van der Waals surface area contributed by atoms with E-state index in [0.29, 0.717) is 25.2 Å². The lowest BCUT2D eigenvalue weighted by Crippen LogP contribution is -2.40. The summed E-state index contributed by atoms with van der Waals surface area (Å²) in [7, 11) is 0. The first-order valence-electron chi connectivity index (χ1n) is 8.34. The molecule has 1 fully saturated rings. The number of benzene rings is 1. The van der Waals surface area contributed by atoms with Gasteiger partial charge in [-0.1, -0.05) is 6.07 Å². The van der Waals surface area contributed by atoms with Crippen molar-refractivity contribution < 1.29 is 9.59 Å². The summed E-state index contributed by atoms with van der Waals surface area (Å²) in [5.41, 5.74) is 9.76. The first-order chi connectivity index (χ1) is 11.8. The molecule has 3 N–H and O–H groups in total. The minimum atomic E-state index is -0.452. The summed E-state index contributed by atoms with van der Waals surface area (Å²) < 4.78 is 1.78. The maximum Gasteiger partial charge on any atom is 0.314 e. The molecule has 7 nitrogen and oxygen atoms in total. The highest BCUT2D eigenvalue weighted by molar-refractivity contribution is 5.92.